The zero-order chi connectivity index (χ0) is 13.7. The lowest BCUT2D eigenvalue weighted by Gasteiger charge is -2.12. The minimum absolute atomic E-state index is 0. The highest BCUT2D eigenvalue weighted by Gasteiger charge is 2.12. The van der Waals surface area contributed by atoms with Crippen LogP contribution in [-0.4, -0.2) is 18.4 Å². The van der Waals surface area contributed by atoms with E-state index in [4.69, 9.17) is 17.3 Å². The smallest absolute Gasteiger partial charge is 0.228 e. The molecule has 0 radical (unpaired) electrons. The molecule has 19 heavy (non-hydrogen) atoms. The molecule has 0 aliphatic carbocycles. The summed E-state index contributed by atoms with van der Waals surface area (Å²) in [5.41, 5.74) is 6.48. The number of halogens is 2. The molecule has 1 aromatic rings. The van der Waals surface area contributed by atoms with E-state index in [1.807, 2.05) is 0 Å². The molecule has 0 spiro atoms. The van der Waals surface area contributed by atoms with Crippen molar-refractivity contribution in [1.29, 1.82) is 0 Å². The van der Waals surface area contributed by atoms with Gasteiger partial charge < -0.3 is 16.4 Å². The first kappa shape index (κ1) is 17.7. The number of carbonyl (C=O) groups excluding carboxylic acids is 2. The minimum Gasteiger partial charge on any atom is -0.330 e. The quantitative estimate of drug-likeness (QED) is 0.797. The third-order valence-electron chi connectivity index (χ3n) is 2.35. The van der Waals surface area contributed by atoms with Crippen LogP contribution in [0.1, 0.15) is 13.8 Å². The van der Waals surface area contributed by atoms with Crippen LogP contribution < -0.4 is 16.4 Å². The first-order valence-electron chi connectivity index (χ1n) is 5.52. The van der Waals surface area contributed by atoms with Crippen LogP contribution in [0.4, 0.5) is 11.4 Å². The maximum absolute atomic E-state index is 11.6. The van der Waals surface area contributed by atoms with Gasteiger partial charge in [-0.25, -0.2) is 0 Å². The van der Waals surface area contributed by atoms with E-state index in [9.17, 15) is 9.59 Å². The second kappa shape index (κ2) is 7.99. The van der Waals surface area contributed by atoms with Crippen molar-refractivity contribution in [3.05, 3.63) is 23.2 Å². The molecular formula is C12H17Cl2N3O2. The van der Waals surface area contributed by atoms with Crippen molar-refractivity contribution in [2.24, 2.45) is 11.7 Å². The number of amides is 2. The Morgan fingerprint density at radius 1 is 1.37 bits per heavy atom. The Hall–Kier alpha value is -1.30. The van der Waals surface area contributed by atoms with Crippen molar-refractivity contribution in [3.63, 3.8) is 0 Å². The Morgan fingerprint density at radius 3 is 2.47 bits per heavy atom. The van der Waals surface area contributed by atoms with Crippen LogP contribution in [0.25, 0.3) is 0 Å². The van der Waals surface area contributed by atoms with Gasteiger partial charge in [0.05, 0.1) is 10.7 Å². The van der Waals surface area contributed by atoms with Gasteiger partial charge in [-0.1, -0.05) is 18.5 Å². The fraction of sp³-hybridized carbons (Fsp3) is 0.333. The number of anilines is 2. The van der Waals surface area contributed by atoms with Crippen molar-refractivity contribution in [3.8, 4) is 0 Å². The Labute approximate surface area is 123 Å². The first-order valence-corrected chi connectivity index (χ1v) is 5.90. The van der Waals surface area contributed by atoms with Crippen molar-refractivity contribution in [2.75, 3.05) is 17.2 Å². The molecular weight excluding hydrogens is 289 g/mol. The average molecular weight is 306 g/mol. The van der Waals surface area contributed by atoms with Crippen molar-refractivity contribution in [2.45, 2.75) is 13.8 Å². The second-order valence-electron chi connectivity index (χ2n) is 4.00. The molecule has 0 aromatic heterocycles. The van der Waals surface area contributed by atoms with Crippen LogP contribution in [0.3, 0.4) is 0 Å². The highest BCUT2D eigenvalue weighted by molar-refractivity contribution is 6.34. The summed E-state index contributed by atoms with van der Waals surface area (Å²) in [6.07, 6.45) is 0. The summed E-state index contributed by atoms with van der Waals surface area (Å²) in [7, 11) is 0. The van der Waals surface area contributed by atoms with E-state index in [0.717, 1.165) is 0 Å². The lowest BCUT2D eigenvalue weighted by Crippen LogP contribution is -2.26. The van der Waals surface area contributed by atoms with Gasteiger partial charge in [0.15, 0.2) is 0 Å². The molecule has 0 heterocycles. The van der Waals surface area contributed by atoms with Gasteiger partial charge in [0.25, 0.3) is 0 Å². The second-order valence-corrected chi connectivity index (χ2v) is 4.41. The third-order valence-corrected chi connectivity index (χ3v) is 2.66. The highest BCUT2D eigenvalue weighted by Crippen LogP contribution is 2.25. The van der Waals surface area contributed by atoms with Gasteiger partial charge in [0, 0.05) is 25.1 Å². The zero-order valence-electron chi connectivity index (χ0n) is 10.7. The van der Waals surface area contributed by atoms with Gasteiger partial charge in [-0.3, -0.25) is 9.59 Å². The lowest BCUT2D eigenvalue weighted by molar-refractivity contribution is -0.119. The Balaban J connectivity index is 0.00000324. The van der Waals surface area contributed by atoms with Crippen molar-refractivity contribution >= 4 is 47.2 Å². The highest BCUT2D eigenvalue weighted by atomic mass is 35.5. The molecule has 106 valence electrons. The monoisotopic (exact) mass is 305 g/mol. The van der Waals surface area contributed by atoms with Gasteiger partial charge in [-0.05, 0) is 18.2 Å². The number of nitrogens with two attached hydrogens (primary N) is 1. The van der Waals surface area contributed by atoms with Gasteiger partial charge >= 0.3 is 0 Å². The number of nitrogens with one attached hydrogen (secondary N) is 2. The van der Waals surface area contributed by atoms with Crippen LogP contribution in [-0.2, 0) is 9.59 Å². The van der Waals surface area contributed by atoms with Crippen LogP contribution in [0.15, 0.2) is 18.2 Å². The fourth-order valence-electron chi connectivity index (χ4n) is 1.26. The summed E-state index contributed by atoms with van der Waals surface area (Å²) in [6, 6.07) is 4.87. The third kappa shape index (κ3) is 5.46. The number of hydrogen-bond donors (Lipinski definition) is 3. The zero-order valence-corrected chi connectivity index (χ0v) is 12.3. The summed E-state index contributed by atoms with van der Waals surface area (Å²) in [6.45, 7) is 3.41. The number of carbonyl (C=O) groups is 2. The fourth-order valence-corrected chi connectivity index (χ4v) is 1.49. The summed E-state index contributed by atoms with van der Waals surface area (Å²) in [5.74, 6) is -0.651. The number of rotatable bonds is 4. The summed E-state index contributed by atoms with van der Waals surface area (Å²) in [4.78, 5) is 22.5. The predicted molar refractivity (Wildman–Crippen MR) is 79.9 cm³/mol. The minimum atomic E-state index is -0.281. The molecule has 7 heteroatoms. The number of hydrogen-bond acceptors (Lipinski definition) is 3. The van der Waals surface area contributed by atoms with Crippen LogP contribution >= 0.6 is 24.0 Å². The topological polar surface area (TPSA) is 84.2 Å². The van der Waals surface area contributed by atoms with Crippen molar-refractivity contribution in [1.82, 2.24) is 0 Å². The molecule has 2 amide bonds. The van der Waals surface area contributed by atoms with Crippen LogP contribution in [0.2, 0.25) is 5.02 Å². The van der Waals surface area contributed by atoms with Gasteiger partial charge in [0.2, 0.25) is 11.8 Å². The summed E-state index contributed by atoms with van der Waals surface area (Å²) in [5, 5.41) is 5.64. The molecule has 0 aliphatic heterocycles. The van der Waals surface area contributed by atoms with E-state index in [-0.39, 0.29) is 36.7 Å². The Kier molecular flexibility index (Phi) is 7.44. The molecule has 5 nitrogen and oxygen atoms in total. The lowest BCUT2D eigenvalue weighted by atomic mass is 10.1. The maximum Gasteiger partial charge on any atom is 0.228 e. The van der Waals surface area contributed by atoms with Gasteiger partial charge in [-0.15, -0.1) is 12.4 Å². The van der Waals surface area contributed by atoms with Crippen molar-refractivity contribution < 1.29 is 9.59 Å². The van der Waals surface area contributed by atoms with E-state index in [2.05, 4.69) is 10.6 Å². The summed E-state index contributed by atoms with van der Waals surface area (Å²) < 4.78 is 0. The van der Waals surface area contributed by atoms with E-state index in [0.29, 0.717) is 16.4 Å². The SMILES string of the molecule is CC(=O)Nc1ccc(NC(=O)C(C)CN)c(Cl)c1.Cl. The first-order chi connectivity index (χ1) is 8.43. The maximum atomic E-state index is 11.6. The Morgan fingerprint density at radius 2 is 2.00 bits per heavy atom. The largest absolute Gasteiger partial charge is 0.330 e. The molecule has 0 fully saturated rings. The average Bonchev–Trinajstić information content (AvgIpc) is 2.30. The summed E-state index contributed by atoms with van der Waals surface area (Å²) >= 11 is 6.01. The number of benzene rings is 1. The van der Waals surface area contributed by atoms with Crippen LogP contribution in [0.5, 0.6) is 0 Å². The molecule has 1 aromatic carbocycles. The molecule has 0 saturated carbocycles. The molecule has 1 atom stereocenters. The molecule has 0 aliphatic rings. The van der Waals surface area contributed by atoms with E-state index in [1.54, 1.807) is 25.1 Å². The van der Waals surface area contributed by atoms with Gasteiger partial charge in [0.1, 0.15) is 0 Å². The molecule has 1 unspecified atom stereocenters. The van der Waals surface area contributed by atoms with Crippen LogP contribution in [0, 0.1) is 5.92 Å². The molecule has 0 saturated heterocycles. The standard InChI is InChI=1S/C12H16ClN3O2.ClH/c1-7(6-14)12(18)16-11-4-3-9(5-10(11)13)15-8(2)17;/h3-5,7H,6,14H2,1-2H3,(H,15,17)(H,16,18);1H. The van der Waals surface area contributed by atoms with Gasteiger partial charge in [-0.2, -0.15) is 0 Å². The Bertz CT molecular complexity index is 466. The predicted octanol–water partition coefficient (Wildman–Crippen LogP) is 2.25. The van der Waals surface area contributed by atoms with E-state index < -0.39 is 0 Å². The molecule has 0 bridgehead atoms. The molecule has 4 N–H and O–H groups in total. The normalized spacial score (nSPS) is 11.2. The molecule has 1 rings (SSSR count). The van der Waals surface area contributed by atoms with E-state index in [1.165, 1.54) is 6.92 Å². The van der Waals surface area contributed by atoms with E-state index >= 15 is 0 Å².